The van der Waals surface area contributed by atoms with Crippen molar-refractivity contribution in [1.82, 2.24) is 0 Å². The number of hydrogen-bond acceptors (Lipinski definition) is 3. The number of hydrogen-bond donors (Lipinski definition) is 2. The largest absolute Gasteiger partial charge is 0.507 e. The molecule has 1 atom stereocenters. The number of phenolic OH excluding ortho intramolecular Hbond substituents is 1. The van der Waals surface area contributed by atoms with Crippen LogP contribution in [0.25, 0.3) is 0 Å². The predicted molar refractivity (Wildman–Crippen MR) is 58.8 cm³/mol. The number of benzene rings is 1. The van der Waals surface area contributed by atoms with E-state index in [-0.39, 0.29) is 11.3 Å². The average Bonchev–Trinajstić information content (AvgIpc) is 2.26. The first-order valence-corrected chi connectivity index (χ1v) is 5.11. The van der Waals surface area contributed by atoms with Gasteiger partial charge in [-0.25, -0.2) is 0 Å². The Bertz CT molecular complexity index is 398. The van der Waals surface area contributed by atoms with E-state index in [0.29, 0.717) is 18.3 Å². The monoisotopic (exact) mass is 222 g/mol. The summed E-state index contributed by atoms with van der Waals surface area (Å²) >= 11 is 0. The van der Waals surface area contributed by atoms with Crippen molar-refractivity contribution in [2.75, 3.05) is 0 Å². The molecule has 1 aromatic carbocycles. The summed E-state index contributed by atoms with van der Waals surface area (Å²) in [6.07, 6.45) is 1.77. The van der Waals surface area contributed by atoms with Crippen LogP contribution in [0.5, 0.6) is 5.75 Å². The van der Waals surface area contributed by atoms with Gasteiger partial charge in [0.2, 0.25) is 0 Å². The van der Waals surface area contributed by atoms with Crippen molar-refractivity contribution in [3.05, 3.63) is 29.3 Å². The molecule has 2 N–H and O–H groups in total. The summed E-state index contributed by atoms with van der Waals surface area (Å²) in [6, 6.07) is 4.32. The Hall–Kier alpha value is -1.84. The molecule has 0 aliphatic rings. The molecular weight excluding hydrogens is 208 g/mol. The Morgan fingerprint density at radius 2 is 2.19 bits per heavy atom. The third-order valence-electron chi connectivity index (χ3n) is 2.46. The number of carboxylic acid groups (broad SMARTS) is 1. The minimum Gasteiger partial charge on any atom is -0.507 e. The molecule has 0 aliphatic heterocycles. The van der Waals surface area contributed by atoms with Gasteiger partial charge in [0.1, 0.15) is 5.75 Å². The van der Waals surface area contributed by atoms with Crippen molar-refractivity contribution in [1.29, 1.82) is 0 Å². The Kier molecular flexibility index (Phi) is 4.05. The smallest absolute Gasteiger partial charge is 0.310 e. The summed E-state index contributed by atoms with van der Waals surface area (Å²) in [7, 11) is 0. The number of rotatable bonds is 5. The van der Waals surface area contributed by atoms with E-state index in [0.717, 1.165) is 6.42 Å². The zero-order valence-electron chi connectivity index (χ0n) is 9.01. The minimum absolute atomic E-state index is 0.125. The lowest BCUT2D eigenvalue weighted by Gasteiger charge is -2.12. The lowest BCUT2D eigenvalue weighted by molar-refractivity contribution is -0.139. The van der Waals surface area contributed by atoms with Crippen molar-refractivity contribution in [2.24, 2.45) is 0 Å². The van der Waals surface area contributed by atoms with E-state index in [1.54, 1.807) is 0 Å². The van der Waals surface area contributed by atoms with Gasteiger partial charge in [-0.3, -0.25) is 9.59 Å². The zero-order chi connectivity index (χ0) is 12.1. The number of aldehydes is 1. The first kappa shape index (κ1) is 12.2. The fourth-order valence-electron chi connectivity index (χ4n) is 1.61. The second-order valence-corrected chi connectivity index (χ2v) is 3.62. The normalized spacial score (nSPS) is 12.1. The van der Waals surface area contributed by atoms with E-state index in [9.17, 15) is 14.7 Å². The standard InChI is InChI=1S/C12H14O4/c1-2-3-10(12(15)16)8-4-5-11(14)9(6-8)7-13/h4-7,10,14H,2-3H2,1H3,(H,15,16). The van der Waals surface area contributed by atoms with Crippen molar-refractivity contribution >= 4 is 12.3 Å². The van der Waals surface area contributed by atoms with E-state index < -0.39 is 11.9 Å². The van der Waals surface area contributed by atoms with Gasteiger partial charge in [-0.2, -0.15) is 0 Å². The number of phenols is 1. The number of carbonyl (C=O) groups is 2. The molecule has 16 heavy (non-hydrogen) atoms. The number of carboxylic acids is 1. The van der Waals surface area contributed by atoms with E-state index in [1.165, 1.54) is 18.2 Å². The molecule has 1 unspecified atom stereocenters. The summed E-state index contributed by atoms with van der Waals surface area (Å²) in [4.78, 5) is 21.6. The summed E-state index contributed by atoms with van der Waals surface area (Å²) in [6.45, 7) is 1.90. The fourth-order valence-corrected chi connectivity index (χ4v) is 1.61. The average molecular weight is 222 g/mol. The second-order valence-electron chi connectivity index (χ2n) is 3.62. The molecule has 86 valence electrons. The number of carbonyl (C=O) groups excluding carboxylic acids is 1. The van der Waals surface area contributed by atoms with Crippen LogP contribution in [0.3, 0.4) is 0 Å². The molecule has 0 fully saturated rings. The lowest BCUT2D eigenvalue weighted by Crippen LogP contribution is -2.11. The third kappa shape index (κ3) is 2.59. The summed E-state index contributed by atoms with van der Waals surface area (Å²) < 4.78 is 0. The number of aliphatic carboxylic acids is 1. The molecule has 0 heterocycles. The summed E-state index contributed by atoms with van der Waals surface area (Å²) in [5, 5.41) is 18.3. The van der Waals surface area contributed by atoms with Crippen LogP contribution in [-0.4, -0.2) is 22.5 Å². The summed E-state index contributed by atoms with van der Waals surface area (Å²) in [5.74, 6) is -1.66. The molecule has 1 rings (SSSR count). The van der Waals surface area contributed by atoms with Gasteiger partial charge in [-0.05, 0) is 24.1 Å². The second kappa shape index (κ2) is 5.30. The van der Waals surface area contributed by atoms with Gasteiger partial charge >= 0.3 is 5.97 Å². The van der Waals surface area contributed by atoms with Crippen LogP contribution < -0.4 is 0 Å². The van der Waals surface area contributed by atoms with Crippen LogP contribution in [-0.2, 0) is 4.79 Å². The summed E-state index contributed by atoms with van der Waals surface area (Å²) in [5.41, 5.74) is 0.675. The highest BCUT2D eigenvalue weighted by molar-refractivity contribution is 5.81. The first-order chi connectivity index (χ1) is 7.60. The molecule has 0 aromatic heterocycles. The van der Waals surface area contributed by atoms with E-state index >= 15 is 0 Å². The van der Waals surface area contributed by atoms with Crippen LogP contribution in [0.15, 0.2) is 18.2 Å². The van der Waals surface area contributed by atoms with Crippen LogP contribution in [0.1, 0.15) is 41.6 Å². The maximum absolute atomic E-state index is 11.0. The molecule has 0 bridgehead atoms. The molecule has 0 aliphatic carbocycles. The van der Waals surface area contributed by atoms with Crippen LogP contribution in [0.2, 0.25) is 0 Å². The Morgan fingerprint density at radius 1 is 1.50 bits per heavy atom. The number of aromatic hydroxyl groups is 1. The van der Waals surface area contributed by atoms with Gasteiger partial charge in [-0.1, -0.05) is 19.4 Å². The molecule has 0 spiro atoms. The fraction of sp³-hybridized carbons (Fsp3) is 0.333. The third-order valence-corrected chi connectivity index (χ3v) is 2.46. The van der Waals surface area contributed by atoms with Crippen molar-refractivity contribution in [3.63, 3.8) is 0 Å². The van der Waals surface area contributed by atoms with E-state index in [4.69, 9.17) is 5.11 Å². The molecule has 0 radical (unpaired) electrons. The van der Waals surface area contributed by atoms with E-state index in [1.807, 2.05) is 6.92 Å². The highest BCUT2D eigenvalue weighted by atomic mass is 16.4. The van der Waals surface area contributed by atoms with Gasteiger partial charge < -0.3 is 10.2 Å². The van der Waals surface area contributed by atoms with Crippen molar-refractivity contribution in [3.8, 4) is 5.75 Å². The molecule has 0 saturated carbocycles. The van der Waals surface area contributed by atoms with Gasteiger partial charge in [0.25, 0.3) is 0 Å². The Morgan fingerprint density at radius 3 is 2.69 bits per heavy atom. The molecule has 0 saturated heterocycles. The van der Waals surface area contributed by atoms with Crippen LogP contribution in [0, 0.1) is 0 Å². The van der Waals surface area contributed by atoms with Gasteiger partial charge in [0.15, 0.2) is 6.29 Å². The topological polar surface area (TPSA) is 74.6 Å². The van der Waals surface area contributed by atoms with Crippen molar-refractivity contribution in [2.45, 2.75) is 25.7 Å². The molecule has 0 amide bonds. The quantitative estimate of drug-likeness (QED) is 0.749. The minimum atomic E-state index is -0.913. The molecule has 4 heteroatoms. The van der Waals surface area contributed by atoms with Gasteiger partial charge in [-0.15, -0.1) is 0 Å². The maximum atomic E-state index is 11.0. The van der Waals surface area contributed by atoms with Gasteiger partial charge in [0.05, 0.1) is 11.5 Å². The Balaban J connectivity index is 3.09. The molecule has 1 aromatic rings. The first-order valence-electron chi connectivity index (χ1n) is 5.11. The highest BCUT2D eigenvalue weighted by Gasteiger charge is 2.19. The SMILES string of the molecule is CCCC(C(=O)O)c1ccc(O)c(C=O)c1. The predicted octanol–water partition coefficient (Wildman–Crippen LogP) is 2.17. The zero-order valence-corrected chi connectivity index (χ0v) is 9.01. The van der Waals surface area contributed by atoms with Gasteiger partial charge in [0, 0.05) is 0 Å². The molecular formula is C12H14O4. The van der Waals surface area contributed by atoms with E-state index in [2.05, 4.69) is 0 Å². The highest BCUT2D eigenvalue weighted by Crippen LogP contribution is 2.25. The Labute approximate surface area is 93.5 Å². The van der Waals surface area contributed by atoms with Crippen LogP contribution in [0.4, 0.5) is 0 Å². The lowest BCUT2D eigenvalue weighted by atomic mass is 9.93. The molecule has 4 nitrogen and oxygen atoms in total. The maximum Gasteiger partial charge on any atom is 0.310 e. The van der Waals surface area contributed by atoms with Crippen molar-refractivity contribution < 1.29 is 19.8 Å². The van der Waals surface area contributed by atoms with Crippen LogP contribution >= 0.6 is 0 Å².